The van der Waals surface area contributed by atoms with Crippen LogP contribution in [0.3, 0.4) is 0 Å². The second-order valence-corrected chi connectivity index (χ2v) is 4.92. The van der Waals surface area contributed by atoms with Gasteiger partial charge in [-0.1, -0.05) is 0 Å². The predicted octanol–water partition coefficient (Wildman–Crippen LogP) is 1.04. The Morgan fingerprint density at radius 2 is 2.00 bits per heavy atom. The standard InChI is InChI=1S/C15H21NO7/c1-5-21-14(18)10-7-16(8-13(19-3)20-4)11(6-12(10)17)15-22-9(2)23-15/h6-7,9,13,15H,5,8H2,1-4H3. The maximum Gasteiger partial charge on any atom is 0.343 e. The fourth-order valence-electron chi connectivity index (χ4n) is 2.22. The Morgan fingerprint density at radius 3 is 2.52 bits per heavy atom. The van der Waals surface area contributed by atoms with E-state index in [1.54, 1.807) is 18.4 Å². The summed E-state index contributed by atoms with van der Waals surface area (Å²) in [4.78, 5) is 24.1. The van der Waals surface area contributed by atoms with E-state index in [2.05, 4.69) is 0 Å². The Bertz CT molecular complexity index is 602. The molecule has 23 heavy (non-hydrogen) atoms. The summed E-state index contributed by atoms with van der Waals surface area (Å²) < 4.78 is 27.8. The van der Waals surface area contributed by atoms with Crippen molar-refractivity contribution in [1.82, 2.24) is 4.57 Å². The van der Waals surface area contributed by atoms with Gasteiger partial charge in [-0.3, -0.25) is 4.79 Å². The summed E-state index contributed by atoms with van der Waals surface area (Å²) in [6.07, 6.45) is -0.141. The molecule has 0 aromatic carbocycles. The SMILES string of the molecule is CCOC(=O)c1cn(CC(OC)OC)c(C2OC(C)O2)cc1=O. The first-order chi connectivity index (χ1) is 11.0. The molecule has 0 bridgehead atoms. The van der Waals surface area contributed by atoms with Crippen LogP contribution in [0.5, 0.6) is 0 Å². The van der Waals surface area contributed by atoms with Crippen LogP contribution in [-0.4, -0.2) is 43.9 Å². The predicted molar refractivity (Wildman–Crippen MR) is 78.8 cm³/mol. The van der Waals surface area contributed by atoms with Gasteiger partial charge in [-0.15, -0.1) is 0 Å². The van der Waals surface area contributed by atoms with Crippen LogP contribution < -0.4 is 5.43 Å². The Kier molecular flexibility index (Phi) is 5.89. The average Bonchev–Trinajstić information content (AvgIpc) is 2.50. The monoisotopic (exact) mass is 327 g/mol. The Morgan fingerprint density at radius 1 is 1.35 bits per heavy atom. The third kappa shape index (κ3) is 3.97. The van der Waals surface area contributed by atoms with E-state index in [-0.39, 0.29) is 25.0 Å². The minimum atomic E-state index is -0.673. The fraction of sp³-hybridized carbons (Fsp3) is 0.600. The van der Waals surface area contributed by atoms with Gasteiger partial charge in [-0.2, -0.15) is 0 Å². The topological polar surface area (TPSA) is 85.2 Å². The molecule has 1 fully saturated rings. The van der Waals surface area contributed by atoms with Crippen LogP contribution in [0, 0.1) is 0 Å². The van der Waals surface area contributed by atoms with E-state index >= 15 is 0 Å². The molecule has 0 N–H and O–H groups in total. The lowest BCUT2D eigenvalue weighted by atomic mass is 10.2. The fourth-order valence-corrected chi connectivity index (χ4v) is 2.22. The quantitative estimate of drug-likeness (QED) is 0.546. The van der Waals surface area contributed by atoms with E-state index in [1.807, 2.05) is 0 Å². The molecule has 0 radical (unpaired) electrons. The zero-order valence-corrected chi connectivity index (χ0v) is 13.6. The Labute approximate surface area is 133 Å². The lowest BCUT2D eigenvalue weighted by Crippen LogP contribution is -2.36. The van der Waals surface area contributed by atoms with E-state index in [0.29, 0.717) is 5.69 Å². The zero-order chi connectivity index (χ0) is 17.0. The second-order valence-electron chi connectivity index (χ2n) is 4.92. The summed E-state index contributed by atoms with van der Waals surface area (Å²) in [7, 11) is 3.00. The highest BCUT2D eigenvalue weighted by atomic mass is 16.9. The molecular formula is C15H21NO7. The van der Waals surface area contributed by atoms with Gasteiger partial charge >= 0.3 is 5.97 Å². The molecule has 0 spiro atoms. The molecule has 1 aliphatic heterocycles. The zero-order valence-electron chi connectivity index (χ0n) is 13.6. The molecule has 2 rings (SSSR count). The van der Waals surface area contributed by atoms with Crippen LogP contribution in [0.15, 0.2) is 17.1 Å². The average molecular weight is 327 g/mol. The number of rotatable bonds is 7. The molecule has 8 heteroatoms. The molecular weight excluding hydrogens is 306 g/mol. The second kappa shape index (κ2) is 7.69. The van der Waals surface area contributed by atoms with Crippen LogP contribution in [0.4, 0.5) is 0 Å². The molecule has 1 saturated heterocycles. The molecule has 0 saturated carbocycles. The third-order valence-corrected chi connectivity index (χ3v) is 3.40. The van der Waals surface area contributed by atoms with Crippen LogP contribution in [0.1, 0.15) is 36.2 Å². The smallest absolute Gasteiger partial charge is 0.343 e. The Balaban J connectivity index is 2.38. The van der Waals surface area contributed by atoms with Crippen molar-refractivity contribution in [2.75, 3.05) is 20.8 Å². The first-order valence-corrected chi connectivity index (χ1v) is 7.28. The number of ether oxygens (including phenoxy) is 5. The van der Waals surface area contributed by atoms with E-state index in [9.17, 15) is 9.59 Å². The number of nitrogens with zero attached hydrogens (tertiary/aromatic N) is 1. The van der Waals surface area contributed by atoms with Crippen molar-refractivity contribution < 1.29 is 28.5 Å². The number of carbonyl (C=O) groups is 1. The summed E-state index contributed by atoms with van der Waals surface area (Å²) in [5.41, 5.74) is -0.0259. The molecule has 2 heterocycles. The molecule has 0 amide bonds. The highest BCUT2D eigenvalue weighted by Crippen LogP contribution is 2.31. The van der Waals surface area contributed by atoms with Gasteiger partial charge < -0.3 is 28.3 Å². The number of aromatic nitrogens is 1. The highest BCUT2D eigenvalue weighted by Gasteiger charge is 2.32. The number of methoxy groups -OCH3 is 2. The van der Waals surface area contributed by atoms with Crippen LogP contribution in [-0.2, 0) is 30.2 Å². The van der Waals surface area contributed by atoms with Crippen molar-refractivity contribution in [3.05, 3.63) is 33.7 Å². The Hall–Kier alpha value is -1.74. The summed E-state index contributed by atoms with van der Waals surface area (Å²) in [5, 5.41) is 0. The van der Waals surface area contributed by atoms with Gasteiger partial charge in [0.1, 0.15) is 5.56 Å². The highest BCUT2D eigenvalue weighted by molar-refractivity contribution is 5.88. The van der Waals surface area contributed by atoms with Gasteiger partial charge in [-0.25, -0.2) is 4.79 Å². The van der Waals surface area contributed by atoms with Crippen LogP contribution in [0.25, 0.3) is 0 Å². The molecule has 1 aromatic rings. The third-order valence-electron chi connectivity index (χ3n) is 3.40. The van der Waals surface area contributed by atoms with E-state index in [4.69, 9.17) is 23.7 Å². The molecule has 128 valence electrons. The van der Waals surface area contributed by atoms with Crippen molar-refractivity contribution >= 4 is 5.97 Å². The van der Waals surface area contributed by atoms with E-state index in [0.717, 1.165) is 0 Å². The number of carbonyl (C=O) groups excluding carboxylic acids is 1. The first-order valence-electron chi connectivity index (χ1n) is 7.28. The summed E-state index contributed by atoms with van der Waals surface area (Å²) in [6.45, 7) is 3.87. The summed E-state index contributed by atoms with van der Waals surface area (Å²) in [5.74, 6) is -0.673. The van der Waals surface area contributed by atoms with Gasteiger partial charge in [0.25, 0.3) is 0 Å². The van der Waals surface area contributed by atoms with Crippen molar-refractivity contribution in [2.24, 2.45) is 0 Å². The van der Waals surface area contributed by atoms with Crippen LogP contribution in [0.2, 0.25) is 0 Å². The molecule has 1 aromatic heterocycles. The number of pyridine rings is 1. The van der Waals surface area contributed by atoms with Crippen molar-refractivity contribution in [3.8, 4) is 0 Å². The molecule has 0 atom stereocenters. The van der Waals surface area contributed by atoms with Crippen molar-refractivity contribution in [1.29, 1.82) is 0 Å². The summed E-state index contributed by atoms with van der Waals surface area (Å²) in [6, 6.07) is 1.31. The lowest BCUT2D eigenvalue weighted by Gasteiger charge is -2.35. The largest absolute Gasteiger partial charge is 0.462 e. The van der Waals surface area contributed by atoms with Gasteiger partial charge in [0.05, 0.1) is 18.8 Å². The van der Waals surface area contributed by atoms with Gasteiger partial charge in [0.15, 0.2) is 18.0 Å². The molecule has 8 nitrogen and oxygen atoms in total. The number of hydrogen-bond donors (Lipinski definition) is 0. The summed E-state index contributed by atoms with van der Waals surface area (Å²) >= 11 is 0. The minimum absolute atomic E-state index is 0.0612. The number of hydrogen-bond acceptors (Lipinski definition) is 7. The maximum absolute atomic E-state index is 12.2. The number of esters is 1. The molecule has 0 aliphatic carbocycles. The van der Waals surface area contributed by atoms with Crippen molar-refractivity contribution in [2.45, 2.75) is 39.3 Å². The molecule has 0 unspecified atom stereocenters. The lowest BCUT2D eigenvalue weighted by molar-refractivity contribution is -0.385. The van der Waals surface area contributed by atoms with Crippen molar-refractivity contribution in [3.63, 3.8) is 0 Å². The first kappa shape index (κ1) is 17.6. The maximum atomic E-state index is 12.2. The van der Waals surface area contributed by atoms with E-state index in [1.165, 1.54) is 26.5 Å². The van der Waals surface area contributed by atoms with E-state index < -0.39 is 24.0 Å². The van der Waals surface area contributed by atoms with Gasteiger partial charge in [0, 0.05) is 26.5 Å². The molecule has 1 aliphatic rings. The minimum Gasteiger partial charge on any atom is -0.462 e. The van der Waals surface area contributed by atoms with Gasteiger partial charge in [0.2, 0.25) is 6.29 Å². The van der Waals surface area contributed by atoms with Crippen LogP contribution >= 0.6 is 0 Å². The van der Waals surface area contributed by atoms with Gasteiger partial charge in [-0.05, 0) is 13.8 Å². The normalized spacial score (nSPS) is 20.4.